The average Bonchev–Trinajstić information content (AvgIpc) is 2.47. The maximum absolute atomic E-state index is 6.31. The first-order valence-corrected chi connectivity index (χ1v) is 7.12. The molecule has 0 bridgehead atoms. The second-order valence-electron chi connectivity index (χ2n) is 4.59. The monoisotopic (exact) mass is 315 g/mol. The fourth-order valence-electron chi connectivity index (χ4n) is 2.06. The Kier molecular flexibility index (Phi) is 3.86. The molecule has 0 atom stereocenters. The number of nitrogens with zero attached hydrogens (tertiary/aromatic N) is 3. The highest BCUT2D eigenvalue weighted by molar-refractivity contribution is 6.37. The molecule has 5 heteroatoms. The van der Waals surface area contributed by atoms with Crippen molar-refractivity contribution in [3.05, 3.63) is 64.5 Å². The molecule has 0 aliphatic carbocycles. The molecule has 1 aromatic carbocycles. The third kappa shape index (κ3) is 2.89. The van der Waals surface area contributed by atoms with Gasteiger partial charge in [0, 0.05) is 6.20 Å². The third-order valence-corrected chi connectivity index (χ3v) is 3.57. The number of hydrogen-bond acceptors (Lipinski definition) is 3. The van der Waals surface area contributed by atoms with Crippen LogP contribution in [-0.4, -0.2) is 15.0 Å². The predicted molar refractivity (Wildman–Crippen MR) is 85.5 cm³/mol. The molecule has 0 spiro atoms. The lowest BCUT2D eigenvalue weighted by Crippen LogP contribution is -1.96. The molecular weight excluding hydrogens is 305 g/mol. The highest BCUT2D eigenvalue weighted by Crippen LogP contribution is 2.34. The number of aryl methyl sites for hydroxylation is 1. The molecule has 0 saturated heterocycles. The Labute approximate surface area is 132 Å². The largest absolute Gasteiger partial charge is 0.253 e. The minimum atomic E-state index is 0.321. The maximum atomic E-state index is 6.31. The Morgan fingerprint density at radius 2 is 1.67 bits per heavy atom. The van der Waals surface area contributed by atoms with E-state index in [-0.39, 0.29) is 0 Å². The summed E-state index contributed by atoms with van der Waals surface area (Å²) in [6, 6.07) is 13.4. The average molecular weight is 316 g/mol. The summed E-state index contributed by atoms with van der Waals surface area (Å²) in [6.07, 6.45) is 1.68. The van der Waals surface area contributed by atoms with Crippen LogP contribution in [0.1, 0.15) is 5.56 Å². The lowest BCUT2D eigenvalue weighted by Gasteiger charge is -2.09. The topological polar surface area (TPSA) is 38.7 Å². The van der Waals surface area contributed by atoms with Gasteiger partial charge in [0.05, 0.1) is 5.56 Å². The van der Waals surface area contributed by atoms with Gasteiger partial charge in [0.1, 0.15) is 16.0 Å². The van der Waals surface area contributed by atoms with E-state index in [4.69, 9.17) is 23.2 Å². The summed E-state index contributed by atoms with van der Waals surface area (Å²) in [4.78, 5) is 12.8. The van der Waals surface area contributed by atoms with Crippen molar-refractivity contribution in [2.75, 3.05) is 0 Å². The van der Waals surface area contributed by atoms with Gasteiger partial charge in [-0.25, -0.2) is 9.97 Å². The van der Waals surface area contributed by atoms with Gasteiger partial charge in [0.2, 0.25) is 0 Å². The van der Waals surface area contributed by atoms with Gasteiger partial charge in [0.25, 0.3) is 0 Å². The Morgan fingerprint density at radius 3 is 2.29 bits per heavy atom. The van der Waals surface area contributed by atoms with E-state index in [9.17, 15) is 0 Å². The first kappa shape index (κ1) is 14.0. The van der Waals surface area contributed by atoms with Gasteiger partial charge in [0.15, 0.2) is 5.82 Å². The molecule has 0 fully saturated rings. The zero-order valence-corrected chi connectivity index (χ0v) is 12.7. The standard InChI is InChI=1S/C16H11Cl2N3/c1-10-5-4-6-11(9-10)13-14(17)20-16(21-15(13)18)12-7-2-3-8-19-12/h2-9H,1H3. The van der Waals surface area contributed by atoms with Gasteiger partial charge in [-0.15, -0.1) is 0 Å². The Bertz CT molecular complexity index is 766. The van der Waals surface area contributed by atoms with E-state index in [1.807, 2.05) is 49.4 Å². The quantitative estimate of drug-likeness (QED) is 0.636. The molecule has 0 radical (unpaired) electrons. The number of hydrogen-bond donors (Lipinski definition) is 0. The van der Waals surface area contributed by atoms with Gasteiger partial charge >= 0.3 is 0 Å². The zero-order chi connectivity index (χ0) is 14.8. The fraction of sp³-hybridized carbons (Fsp3) is 0.0625. The number of benzene rings is 1. The van der Waals surface area contributed by atoms with Crippen molar-refractivity contribution in [3.8, 4) is 22.6 Å². The number of pyridine rings is 1. The van der Waals surface area contributed by atoms with Crippen LogP contribution in [0.2, 0.25) is 10.3 Å². The second-order valence-corrected chi connectivity index (χ2v) is 5.30. The molecule has 0 unspecified atom stereocenters. The van der Waals surface area contributed by atoms with E-state index < -0.39 is 0 Å². The van der Waals surface area contributed by atoms with Crippen molar-refractivity contribution in [1.29, 1.82) is 0 Å². The van der Waals surface area contributed by atoms with Crippen molar-refractivity contribution in [3.63, 3.8) is 0 Å². The molecular formula is C16H11Cl2N3. The summed E-state index contributed by atoms with van der Waals surface area (Å²) in [5.41, 5.74) is 3.30. The summed E-state index contributed by atoms with van der Waals surface area (Å²) in [6.45, 7) is 2.01. The summed E-state index contributed by atoms with van der Waals surface area (Å²) >= 11 is 12.6. The molecule has 3 aromatic rings. The van der Waals surface area contributed by atoms with E-state index in [0.717, 1.165) is 11.1 Å². The molecule has 0 aliphatic rings. The van der Waals surface area contributed by atoms with E-state index in [2.05, 4.69) is 15.0 Å². The lowest BCUT2D eigenvalue weighted by molar-refractivity contribution is 1.14. The van der Waals surface area contributed by atoms with E-state index in [1.54, 1.807) is 6.20 Å². The number of rotatable bonds is 2. The molecule has 0 amide bonds. The smallest absolute Gasteiger partial charge is 0.181 e. The van der Waals surface area contributed by atoms with Crippen LogP contribution in [0.4, 0.5) is 0 Å². The van der Waals surface area contributed by atoms with Gasteiger partial charge in [-0.1, -0.05) is 59.1 Å². The SMILES string of the molecule is Cc1cccc(-c2c(Cl)nc(-c3ccccn3)nc2Cl)c1. The summed E-state index contributed by atoms with van der Waals surface area (Å²) in [5.74, 6) is 0.419. The summed E-state index contributed by atoms with van der Waals surface area (Å²) in [7, 11) is 0. The molecule has 104 valence electrons. The van der Waals surface area contributed by atoms with Crippen molar-refractivity contribution in [2.24, 2.45) is 0 Å². The predicted octanol–water partition coefficient (Wildman–Crippen LogP) is 4.82. The highest BCUT2D eigenvalue weighted by Gasteiger charge is 2.15. The Hall–Kier alpha value is -1.97. The first-order chi connectivity index (χ1) is 10.1. The Balaban J connectivity index is 2.13. The first-order valence-electron chi connectivity index (χ1n) is 6.36. The fourth-order valence-corrected chi connectivity index (χ4v) is 2.66. The lowest BCUT2D eigenvalue weighted by atomic mass is 10.1. The molecule has 0 aliphatic heterocycles. The van der Waals surface area contributed by atoms with Crippen molar-refractivity contribution < 1.29 is 0 Å². The molecule has 21 heavy (non-hydrogen) atoms. The van der Waals surface area contributed by atoms with Crippen molar-refractivity contribution in [1.82, 2.24) is 15.0 Å². The normalized spacial score (nSPS) is 10.6. The highest BCUT2D eigenvalue weighted by atomic mass is 35.5. The van der Waals surface area contributed by atoms with Crippen LogP contribution in [0.15, 0.2) is 48.7 Å². The van der Waals surface area contributed by atoms with Gasteiger partial charge in [-0.05, 0) is 24.6 Å². The third-order valence-electron chi connectivity index (χ3n) is 3.02. The maximum Gasteiger partial charge on any atom is 0.181 e. The van der Waals surface area contributed by atoms with E-state index in [1.165, 1.54) is 0 Å². The van der Waals surface area contributed by atoms with Gasteiger partial charge in [-0.2, -0.15) is 0 Å². The Morgan fingerprint density at radius 1 is 0.905 bits per heavy atom. The van der Waals surface area contributed by atoms with Crippen LogP contribution in [0.3, 0.4) is 0 Å². The van der Waals surface area contributed by atoms with Crippen LogP contribution in [0.25, 0.3) is 22.6 Å². The van der Waals surface area contributed by atoms with Crippen LogP contribution in [0.5, 0.6) is 0 Å². The van der Waals surface area contributed by atoms with Crippen molar-refractivity contribution in [2.45, 2.75) is 6.92 Å². The summed E-state index contributed by atoms with van der Waals surface area (Å²) in [5, 5.41) is 0.641. The van der Waals surface area contributed by atoms with Crippen LogP contribution < -0.4 is 0 Å². The molecule has 3 rings (SSSR count). The van der Waals surface area contributed by atoms with E-state index >= 15 is 0 Å². The number of aromatic nitrogens is 3. The molecule has 3 nitrogen and oxygen atoms in total. The summed E-state index contributed by atoms with van der Waals surface area (Å²) < 4.78 is 0. The molecule has 0 N–H and O–H groups in total. The number of halogens is 2. The minimum Gasteiger partial charge on any atom is -0.253 e. The van der Waals surface area contributed by atoms with E-state index in [0.29, 0.717) is 27.4 Å². The second kappa shape index (κ2) is 5.80. The molecule has 2 aromatic heterocycles. The molecule has 0 saturated carbocycles. The van der Waals surface area contributed by atoms with Crippen LogP contribution in [-0.2, 0) is 0 Å². The molecule has 2 heterocycles. The van der Waals surface area contributed by atoms with Crippen LogP contribution >= 0.6 is 23.2 Å². The zero-order valence-electron chi connectivity index (χ0n) is 11.2. The van der Waals surface area contributed by atoms with Gasteiger partial charge in [-0.3, -0.25) is 4.98 Å². The van der Waals surface area contributed by atoms with Crippen molar-refractivity contribution >= 4 is 23.2 Å². The van der Waals surface area contributed by atoms with Crippen LogP contribution in [0, 0.1) is 6.92 Å². The minimum absolute atomic E-state index is 0.321. The van der Waals surface area contributed by atoms with Gasteiger partial charge < -0.3 is 0 Å².